The third-order valence-electron chi connectivity index (χ3n) is 5.68. The van der Waals surface area contributed by atoms with E-state index in [1.807, 2.05) is 61.5 Å². The zero-order chi connectivity index (χ0) is 20.5. The van der Waals surface area contributed by atoms with E-state index in [1.54, 1.807) is 5.01 Å². The first-order valence-corrected chi connectivity index (χ1v) is 10.2. The molecule has 1 heterocycles. The largest absolute Gasteiger partial charge is 0.274 e. The van der Waals surface area contributed by atoms with Gasteiger partial charge < -0.3 is 0 Å². The van der Waals surface area contributed by atoms with Gasteiger partial charge in [0.1, 0.15) is 0 Å². The summed E-state index contributed by atoms with van der Waals surface area (Å²) in [6.45, 7) is 2.02. The van der Waals surface area contributed by atoms with Crippen molar-refractivity contribution in [2.45, 2.75) is 19.4 Å². The highest BCUT2D eigenvalue weighted by Gasteiger charge is 2.33. The molecule has 3 nitrogen and oxygen atoms in total. The Morgan fingerprint density at radius 2 is 1.53 bits per heavy atom. The summed E-state index contributed by atoms with van der Waals surface area (Å²) in [5, 5.41) is 8.86. The summed E-state index contributed by atoms with van der Waals surface area (Å²) in [6.07, 6.45) is 0.694. The fraction of sp³-hybridized carbons (Fsp3) is 0.111. The third-order valence-corrected chi connectivity index (χ3v) is 5.68. The van der Waals surface area contributed by atoms with Gasteiger partial charge in [0.2, 0.25) is 0 Å². The zero-order valence-corrected chi connectivity index (χ0v) is 16.8. The second-order valence-corrected chi connectivity index (χ2v) is 7.75. The molecule has 1 aliphatic heterocycles. The number of rotatable bonds is 3. The van der Waals surface area contributed by atoms with E-state index in [0.29, 0.717) is 12.0 Å². The molecule has 1 atom stereocenters. The van der Waals surface area contributed by atoms with Gasteiger partial charge >= 0.3 is 0 Å². The van der Waals surface area contributed by atoms with Crippen LogP contribution in [0.4, 0.5) is 0 Å². The fourth-order valence-electron chi connectivity index (χ4n) is 4.00. The first kappa shape index (κ1) is 18.3. The van der Waals surface area contributed by atoms with Crippen molar-refractivity contribution in [3.8, 4) is 0 Å². The molecule has 0 N–H and O–H groups in total. The lowest BCUT2D eigenvalue weighted by Gasteiger charge is -2.22. The number of carbonyl (C=O) groups is 1. The summed E-state index contributed by atoms with van der Waals surface area (Å²) in [6, 6.07) is 32.4. The van der Waals surface area contributed by atoms with Gasteiger partial charge in [-0.1, -0.05) is 84.4 Å². The SMILES string of the molecule is Cc1ccc(C(=O)N2N=C(c3ccc4ccccc4c3)C[C@@H]2c2ccccc2)cc1. The molecule has 146 valence electrons. The number of hydrogen-bond donors (Lipinski definition) is 0. The summed E-state index contributed by atoms with van der Waals surface area (Å²) < 4.78 is 0. The molecular formula is C27H22N2O. The van der Waals surface area contributed by atoms with Crippen molar-refractivity contribution in [2.75, 3.05) is 0 Å². The first-order valence-electron chi connectivity index (χ1n) is 10.2. The van der Waals surface area contributed by atoms with Crippen LogP contribution in [0.3, 0.4) is 0 Å². The Bertz CT molecular complexity index is 1240. The summed E-state index contributed by atoms with van der Waals surface area (Å²) >= 11 is 0. The lowest BCUT2D eigenvalue weighted by Crippen LogP contribution is -2.27. The second-order valence-electron chi connectivity index (χ2n) is 7.75. The van der Waals surface area contributed by atoms with Gasteiger partial charge in [-0.25, -0.2) is 5.01 Å². The molecule has 0 bridgehead atoms. The molecule has 30 heavy (non-hydrogen) atoms. The molecule has 0 aliphatic carbocycles. The Morgan fingerprint density at radius 3 is 2.30 bits per heavy atom. The Morgan fingerprint density at radius 1 is 0.833 bits per heavy atom. The smallest absolute Gasteiger partial charge is 0.267 e. The van der Waals surface area contributed by atoms with Crippen LogP contribution in [0.5, 0.6) is 0 Å². The average molecular weight is 390 g/mol. The Labute approximate surface area is 176 Å². The van der Waals surface area contributed by atoms with Crippen molar-refractivity contribution in [1.29, 1.82) is 0 Å². The molecule has 4 aromatic rings. The van der Waals surface area contributed by atoms with E-state index < -0.39 is 0 Å². The lowest BCUT2D eigenvalue weighted by molar-refractivity contribution is 0.0711. The van der Waals surface area contributed by atoms with Crippen molar-refractivity contribution in [3.05, 3.63) is 119 Å². The van der Waals surface area contributed by atoms with Crippen LogP contribution in [0.1, 0.15) is 39.5 Å². The minimum Gasteiger partial charge on any atom is -0.267 e. The topological polar surface area (TPSA) is 32.7 Å². The van der Waals surface area contributed by atoms with Crippen LogP contribution < -0.4 is 0 Å². The van der Waals surface area contributed by atoms with E-state index in [-0.39, 0.29) is 11.9 Å². The van der Waals surface area contributed by atoms with Gasteiger partial charge in [-0.15, -0.1) is 0 Å². The van der Waals surface area contributed by atoms with Crippen LogP contribution in [0.25, 0.3) is 10.8 Å². The minimum atomic E-state index is -0.110. The van der Waals surface area contributed by atoms with Crippen LogP contribution in [0.2, 0.25) is 0 Å². The molecule has 0 saturated heterocycles. The fourth-order valence-corrected chi connectivity index (χ4v) is 4.00. The number of hydrazone groups is 1. The van der Waals surface area contributed by atoms with Crippen LogP contribution >= 0.6 is 0 Å². The van der Waals surface area contributed by atoms with E-state index in [0.717, 1.165) is 22.4 Å². The van der Waals surface area contributed by atoms with Gasteiger partial charge in [-0.2, -0.15) is 5.10 Å². The number of carbonyl (C=O) groups excluding carboxylic acids is 1. The molecule has 5 rings (SSSR count). The molecule has 4 aromatic carbocycles. The number of hydrogen-bond acceptors (Lipinski definition) is 2. The van der Waals surface area contributed by atoms with E-state index in [9.17, 15) is 4.79 Å². The molecular weight excluding hydrogens is 368 g/mol. The molecule has 1 amide bonds. The molecule has 0 saturated carbocycles. The Hall–Kier alpha value is -3.72. The molecule has 0 spiro atoms. The van der Waals surface area contributed by atoms with Crippen LogP contribution in [0.15, 0.2) is 102 Å². The van der Waals surface area contributed by atoms with E-state index in [4.69, 9.17) is 5.10 Å². The monoisotopic (exact) mass is 390 g/mol. The van der Waals surface area contributed by atoms with E-state index in [2.05, 4.69) is 42.5 Å². The van der Waals surface area contributed by atoms with Gasteiger partial charge in [0.25, 0.3) is 5.91 Å². The van der Waals surface area contributed by atoms with Crippen LogP contribution in [-0.4, -0.2) is 16.6 Å². The minimum absolute atomic E-state index is 0.0698. The summed E-state index contributed by atoms with van der Waals surface area (Å²) in [7, 11) is 0. The first-order chi connectivity index (χ1) is 14.7. The number of aryl methyl sites for hydroxylation is 1. The van der Waals surface area contributed by atoms with Crippen molar-refractivity contribution in [3.63, 3.8) is 0 Å². The van der Waals surface area contributed by atoms with Crippen molar-refractivity contribution < 1.29 is 4.79 Å². The molecule has 3 heteroatoms. The maximum Gasteiger partial charge on any atom is 0.274 e. The molecule has 0 fully saturated rings. The average Bonchev–Trinajstić information content (AvgIpc) is 3.25. The summed E-state index contributed by atoms with van der Waals surface area (Å²) in [4.78, 5) is 13.4. The van der Waals surface area contributed by atoms with Crippen molar-refractivity contribution in [2.24, 2.45) is 5.10 Å². The molecule has 1 aliphatic rings. The predicted octanol–water partition coefficient (Wildman–Crippen LogP) is 6.14. The molecule has 0 radical (unpaired) electrons. The van der Waals surface area contributed by atoms with Gasteiger partial charge in [0, 0.05) is 12.0 Å². The van der Waals surface area contributed by atoms with Gasteiger partial charge in [-0.05, 0) is 47.0 Å². The summed E-state index contributed by atoms with van der Waals surface area (Å²) in [5.74, 6) is -0.0698. The normalized spacial score (nSPS) is 16.0. The second kappa shape index (κ2) is 7.60. The number of benzene rings is 4. The standard InChI is InChI=1S/C27H22N2O/c1-19-11-13-22(14-12-19)27(30)29-26(21-8-3-2-4-9-21)18-25(28-29)24-16-15-20-7-5-6-10-23(20)17-24/h2-17,26H,18H2,1H3/t26-/m1/s1. The maximum atomic E-state index is 13.4. The molecule has 0 aromatic heterocycles. The predicted molar refractivity (Wildman–Crippen MR) is 122 cm³/mol. The van der Waals surface area contributed by atoms with Crippen molar-refractivity contribution in [1.82, 2.24) is 5.01 Å². The van der Waals surface area contributed by atoms with Gasteiger partial charge in [-0.3, -0.25) is 4.79 Å². The van der Waals surface area contributed by atoms with Crippen molar-refractivity contribution >= 4 is 22.4 Å². The maximum absolute atomic E-state index is 13.4. The Kier molecular flexibility index (Phi) is 4.64. The number of nitrogens with zero attached hydrogens (tertiary/aromatic N) is 2. The Balaban J connectivity index is 1.55. The third kappa shape index (κ3) is 3.39. The quantitative estimate of drug-likeness (QED) is 0.413. The molecule has 0 unspecified atom stereocenters. The van der Waals surface area contributed by atoms with E-state index in [1.165, 1.54) is 10.8 Å². The highest BCUT2D eigenvalue weighted by atomic mass is 16.2. The van der Waals surface area contributed by atoms with Gasteiger partial charge in [0.15, 0.2) is 0 Å². The highest BCUT2D eigenvalue weighted by Crippen LogP contribution is 2.34. The lowest BCUT2D eigenvalue weighted by atomic mass is 9.96. The number of fused-ring (bicyclic) bond motifs is 1. The van der Waals surface area contributed by atoms with E-state index >= 15 is 0 Å². The highest BCUT2D eigenvalue weighted by molar-refractivity contribution is 6.06. The number of amides is 1. The zero-order valence-electron chi connectivity index (χ0n) is 16.8. The van der Waals surface area contributed by atoms with Crippen LogP contribution in [0, 0.1) is 6.92 Å². The van der Waals surface area contributed by atoms with Gasteiger partial charge in [0.05, 0.1) is 11.8 Å². The van der Waals surface area contributed by atoms with Crippen LogP contribution in [-0.2, 0) is 0 Å². The summed E-state index contributed by atoms with van der Waals surface area (Å²) in [5.41, 5.74) is 4.89.